The van der Waals surface area contributed by atoms with E-state index in [9.17, 15) is 9.59 Å². The van der Waals surface area contributed by atoms with E-state index in [1.807, 2.05) is 27.7 Å². The van der Waals surface area contributed by atoms with Crippen LogP contribution in [0.15, 0.2) is 6.33 Å². The fraction of sp³-hybridized carbons (Fsp3) is 0.611. The lowest BCUT2D eigenvalue weighted by Crippen LogP contribution is -2.47. The number of nitrogens with two attached hydrogens (primary N) is 1. The standard InChI is InChI=1S/C18H27N7O2/c1-10(2)22-17(27)15-7-13(19)8-24(15)16(26)6-5-14-11(3)23-18-20-9-21-25(18)12(14)4/h9-10,13,15H,5-8,19H2,1-4H3,(H,22,27)/t13-,15+/m1/s1. The maximum absolute atomic E-state index is 12.8. The van der Waals surface area contributed by atoms with Gasteiger partial charge in [0.2, 0.25) is 11.8 Å². The minimum Gasteiger partial charge on any atom is -0.352 e. The molecule has 1 saturated heterocycles. The molecule has 9 nitrogen and oxygen atoms in total. The largest absolute Gasteiger partial charge is 0.352 e. The molecular formula is C18H27N7O2. The average molecular weight is 373 g/mol. The molecule has 0 unspecified atom stereocenters. The summed E-state index contributed by atoms with van der Waals surface area (Å²) in [5.41, 5.74) is 8.77. The van der Waals surface area contributed by atoms with Crippen LogP contribution in [0.1, 0.15) is 43.6 Å². The maximum atomic E-state index is 12.8. The van der Waals surface area contributed by atoms with E-state index in [2.05, 4.69) is 20.4 Å². The molecule has 0 saturated carbocycles. The number of hydrogen-bond acceptors (Lipinski definition) is 6. The van der Waals surface area contributed by atoms with Crippen LogP contribution in [-0.4, -0.2) is 61.0 Å². The fourth-order valence-corrected chi connectivity index (χ4v) is 3.67. The molecule has 3 heterocycles. The van der Waals surface area contributed by atoms with Crippen LogP contribution in [-0.2, 0) is 16.0 Å². The van der Waals surface area contributed by atoms with Crippen LogP contribution in [0.5, 0.6) is 0 Å². The van der Waals surface area contributed by atoms with Crippen LogP contribution in [0, 0.1) is 13.8 Å². The van der Waals surface area contributed by atoms with E-state index >= 15 is 0 Å². The van der Waals surface area contributed by atoms with E-state index in [0.717, 1.165) is 17.0 Å². The summed E-state index contributed by atoms with van der Waals surface area (Å²) in [4.78, 5) is 35.4. The Morgan fingerprint density at radius 3 is 2.81 bits per heavy atom. The second-order valence-corrected chi connectivity index (χ2v) is 7.45. The molecule has 2 amide bonds. The normalized spacial score (nSPS) is 19.9. The van der Waals surface area contributed by atoms with Gasteiger partial charge in [-0.2, -0.15) is 10.1 Å². The van der Waals surface area contributed by atoms with Gasteiger partial charge in [-0.1, -0.05) is 0 Å². The van der Waals surface area contributed by atoms with Crippen LogP contribution in [0.25, 0.3) is 5.78 Å². The molecule has 0 spiro atoms. The maximum Gasteiger partial charge on any atom is 0.252 e. The van der Waals surface area contributed by atoms with Crippen molar-refractivity contribution in [1.29, 1.82) is 0 Å². The first-order valence-corrected chi connectivity index (χ1v) is 9.29. The Morgan fingerprint density at radius 2 is 2.11 bits per heavy atom. The highest BCUT2D eigenvalue weighted by Gasteiger charge is 2.38. The third-order valence-corrected chi connectivity index (χ3v) is 4.96. The first kappa shape index (κ1) is 19.2. The highest BCUT2D eigenvalue weighted by molar-refractivity contribution is 5.88. The summed E-state index contributed by atoms with van der Waals surface area (Å²) >= 11 is 0. The molecule has 0 radical (unpaired) electrons. The zero-order chi connectivity index (χ0) is 19.7. The molecule has 0 aliphatic carbocycles. The molecule has 2 atom stereocenters. The molecule has 27 heavy (non-hydrogen) atoms. The third-order valence-electron chi connectivity index (χ3n) is 4.96. The van der Waals surface area contributed by atoms with E-state index in [1.54, 1.807) is 9.42 Å². The molecular weight excluding hydrogens is 346 g/mol. The number of likely N-dealkylation sites (tertiary alicyclic amines) is 1. The number of aromatic nitrogens is 4. The Labute approximate surface area is 158 Å². The van der Waals surface area contributed by atoms with E-state index in [1.165, 1.54) is 6.33 Å². The first-order chi connectivity index (χ1) is 12.8. The predicted molar refractivity (Wildman–Crippen MR) is 99.9 cm³/mol. The van der Waals surface area contributed by atoms with Gasteiger partial charge in [-0.05, 0) is 46.1 Å². The van der Waals surface area contributed by atoms with Crippen LogP contribution in [0.4, 0.5) is 0 Å². The van der Waals surface area contributed by atoms with Gasteiger partial charge in [-0.15, -0.1) is 0 Å². The zero-order valence-corrected chi connectivity index (χ0v) is 16.3. The van der Waals surface area contributed by atoms with Gasteiger partial charge < -0.3 is 16.0 Å². The monoisotopic (exact) mass is 373 g/mol. The van der Waals surface area contributed by atoms with Crippen molar-refractivity contribution in [2.24, 2.45) is 5.73 Å². The molecule has 1 aliphatic heterocycles. The molecule has 2 aromatic heterocycles. The Kier molecular flexibility index (Phi) is 5.41. The highest BCUT2D eigenvalue weighted by Crippen LogP contribution is 2.20. The quantitative estimate of drug-likeness (QED) is 0.769. The van der Waals surface area contributed by atoms with Crippen LogP contribution in [0.3, 0.4) is 0 Å². The Hall–Kier alpha value is -2.55. The number of nitrogens with zero attached hydrogens (tertiary/aromatic N) is 5. The number of fused-ring (bicyclic) bond motifs is 1. The number of aryl methyl sites for hydroxylation is 2. The van der Waals surface area contributed by atoms with Crippen molar-refractivity contribution in [3.8, 4) is 0 Å². The van der Waals surface area contributed by atoms with E-state index in [4.69, 9.17) is 5.73 Å². The summed E-state index contributed by atoms with van der Waals surface area (Å²) in [6.07, 6.45) is 2.79. The minimum absolute atomic E-state index is 0.0251. The van der Waals surface area contributed by atoms with Gasteiger partial charge in [0, 0.05) is 36.4 Å². The van der Waals surface area contributed by atoms with E-state index in [0.29, 0.717) is 31.6 Å². The second kappa shape index (κ2) is 7.59. The van der Waals surface area contributed by atoms with Crippen molar-refractivity contribution >= 4 is 17.6 Å². The molecule has 2 aromatic rings. The zero-order valence-electron chi connectivity index (χ0n) is 16.3. The van der Waals surface area contributed by atoms with Gasteiger partial charge in [0.25, 0.3) is 5.78 Å². The van der Waals surface area contributed by atoms with Gasteiger partial charge in [0.15, 0.2) is 0 Å². The number of hydrogen-bond donors (Lipinski definition) is 2. The topological polar surface area (TPSA) is 119 Å². The molecule has 3 rings (SSSR count). The molecule has 1 aliphatic rings. The van der Waals surface area contributed by atoms with E-state index < -0.39 is 6.04 Å². The first-order valence-electron chi connectivity index (χ1n) is 9.29. The number of nitrogens with one attached hydrogen (secondary N) is 1. The molecule has 9 heteroatoms. The predicted octanol–water partition coefficient (Wildman–Crippen LogP) is 0.127. The molecule has 3 N–H and O–H groups in total. The van der Waals surface area contributed by atoms with Crippen molar-refractivity contribution in [3.63, 3.8) is 0 Å². The van der Waals surface area contributed by atoms with Gasteiger partial charge >= 0.3 is 0 Å². The Morgan fingerprint density at radius 1 is 1.37 bits per heavy atom. The summed E-state index contributed by atoms with van der Waals surface area (Å²) in [6.45, 7) is 8.07. The van der Waals surface area contributed by atoms with Crippen molar-refractivity contribution in [3.05, 3.63) is 23.3 Å². The van der Waals surface area contributed by atoms with Gasteiger partial charge in [0.1, 0.15) is 12.4 Å². The van der Waals surface area contributed by atoms with Crippen molar-refractivity contribution in [1.82, 2.24) is 29.8 Å². The van der Waals surface area contributed by atoms with Crippen molar-refractivity contribution < 1.29 is 9.59 Å². The average Bonchev–Trinajstić information content (AvgIpc) is 3.20. The molecule has 1 fully saturated rings. The lowest BCUT2D eigenvalue weighted by molar-refractivity contribution is -0.138. The number of carbonyl (C=O) groups is 2. The number of carbonyl (C=O) groups excluding carboxylic acids is 2. The van der Waals surface area contributed by atoms with Crippen LogP contribution in [0.2, 0.25) is 0 Å². The number of rotatable bonds is 5. The van der Waals surface area contributed by atoms with Gasteiger partial charge in [0.05, 0.1) is 0 Å². The highest BCUT2D eigenvalue weighted by atomic mass is 16.2. The lowest BCUT2D eigenvalue weighted by Gasteiger charge is -2.25. The summed E-state index contributed by atoms with van der Waals surface area (Å²) in [6, 6.07) is -0.640. The van der Waals surface area contributed by atoms with Gasteiger partial charge in [-0.3, -0.25) is 9.59 Å². The molecule has 0 bridgehead atoms. The smallest absolute Gasteiger partial charge is 0.252 e. The lowest BCUT2D eigenvalue weighted by atomic mass is 10.1. The Balaban J connectivity index is 1.72. The molecule has 146 valence electrons. The van der Waals surface area contributed by atoms with Crippen LogP contribution >= 0.6 is 0 Å². The summed E-state index contributed by atoms with van der Waals surface area (Å²) in [5.74, 6) is 0.352. The summed E-state index contributed by atoms with van der Waals surface area (Å²) < 4.78 is 1.68. The van der Waals surface area contributed by atoms with Crippen LogP contribution < -0.4 is 11.1 Å². The Bertz CT molecular complexity index is 861. The molecule has 0 aromatic carbocycles. The minimum atomic E-state index is -0.493. The third kappa shape index (κ3) is 3.92. The second-order valence-electron chi connectivity index (χ2n) is 7.45. The van der Waals surface area contributed by atoms with Crippen molar-refractivity contribution in [2.75, 3.05) is 6.54 Å². The fourth-order valence-electron chi connectivity index (χ4n) is 3.67. The van der Waals surface area contributed by atoms with E-state index in [-0.39, 0.29) is 23.9 Å². The SMILES string of the molecule is Cc1nc2ncnn2c(C)c1CCC(=O)N1C[C@H](N)C[C@H]1C(=O)NC(C)C. The summed E-state index contributed by atoms with van der Waals surface area (Å²) in [5, 5.41) is 7.06. The van der Waals surface area contributed by atoms with Gasteiger partial charge in [-0.25, -0.2) is 9.50 Å². The summed E-state index contributed by atoms with van der Waals surface area (Å²) in [7, 11) is 0. The van der Waals surface area contributed by atoms with Crippen molar-refractivity contribution in [2.45, 2.75) is 65.1 Å². The number of amides is 2.